The molecule has 0 bridgehead atoms. The Kier molecular flexibility index (Phi) is 7.35. The van der Waals surface area contributed by atoms with Crippen molar-refractivity contribution < 1.29 is 18.0 Å². The number of nitrogens with one attached hydrogen (secondary N) is 2. The summed E-state index contributed by atoms with van der Waals surface area (Å²) in [7, 11) is 0. The van der Waals surface area contributed by atoms with Gasteiger partial charge in [-0.05, 0) is 56.3 Å². The molecule has 130 valence electrons. The van der Waals surface area contributed by atoms with Crippen molar-refractivity contribution >= 4 is 18.3 Å². The molecule has 1 saturated carbocycles. The summed E-state index contributed by atoms with van der Waals surface area (Å²) in [6.45, 7) is 3.00. The molecule has 1 aliphatic carbocycles. The van der Waals surface area contributed by atoms with Gasteiger partial charge in [-0.1, -0.05) is 12.1 Å². The number of halogens is 4. The monoisotopic (exact) mass is 350 g/mol. The van der Waals surface area contributed by atoms with E-state index in [0.29, 0.717) is 6.42 Å². The van der Waals surface area contributed by atoms with Crippen molar-refractivity contribution in [3.8, 4) is 0 Å². The number of hydrogen-bond acceptors (Lipinski definition) is 2. The van der Waals surface area contributed by atoms with Crippen LogP contribution < -0.4 is 10.6 Å². The smallest absolute Gasteiger partial charge is 0.352 e. The molecule has 1 amide bonds. The summed E-state index contributed by atoms with van der Waals surface area (Å²) in [4.78, 5) is 11.7. The molecule has 1 aromatic rings. The van der Waals surface area contributed by atoms with Gasteiger partial charge >= 0.3 is 6.18 Å². The van der Waals surface area contributed by atoms with E-state index in [1.54, 1.807) is 0 Å². The van der Waals surface area contributed by atoms with Crippen LogP contribution in [0.2, 0.25) is 0 Å². The lowest BCUT2D eigenvalue weighted by atomic mass is 10.0. The third-order valence-corrected chi connectivity index (χ3v) is 3.65. The largest absolute Gasteiger partial charge is 0.416 e. The summed E-state index contributed by atoms with van der Waals surface area (Å²) in [6, 6.07) is 4.93. The zero-order valence-corrected chi connectivity index (χ0v) is 13.8. The molecule has 2 N–H and O–H groups in total. The van der Waals surface area contributed by atoms with Crippen LogP contribution in [-0.4, -0.2) is 25.0 Å². The zero-order valence-electron chi connectivity index (χ0n) is 13.0. The quantitative estimate of drug-likeness (QED) is 0.793. The van der Waals surface area contributed by atoms with Crippen LogP contribution >= 0.6 is 12.4 Å². The second kappa shape index (κ2) is 8.55. The number of hydrogen-bond donors (Lipinski definition) is 2. The van der Waals surface area contributed by atoms with Gasteiger partial charge in [0.15, 0.2) is 0 Å². The maximum atomic E-state index is 12.5. The van der Waals surface area contributed by atoms with Crippen LogP contribution in [0.15, 0.2) is 24.3 Å². The van der Waals surface area contributed by atoms with Crippen molar-refractivity contribution in [1.82, 2.24) is 10.6 Å². The molecule has 1 unspecified atom stereocenters. The summed E-state index contributed by atoms with van der Waals surface area (Å²) < 4.78 is 37.4. The van der Waals surface area contributed by atoms with E-state index in [1.807, 2.05) is 6.92 Å². The molecule has 1 aromatic carbocycles. The van der Waals surface area contributed by atoms with Gasteiger partial charge in [0.25, 0.3) is 0 Å². The molecular weight excluding hydrogens is 329 g/mol. The Morgan fingerprint density at radius 3 is 2.39 bits per heavy atom. The summed E-state index contributed by atoms with van der Waals surface area (Å²) >= 11 is 0. The highest BCUT2D eigenvalue weighted by atomic mass is 35.5. The first-order valence-corrected chi connectivity index (χ1v) is 7.51. The van der Waals surface area contributed by atoms with Crippen LogP contribution in [0, 0.1) is 5.92 Å². The first kappa shape index (κ1) is 19.8. The van der Waals surface area contributed by atoms with Crippen LogP contribution in [0.4, 0.5) is 13.2 Å². The Morgan fingerprint density at radius 2 is 1.87 bits per heavy atom. The summed E-state index contributed by atoms with van der Waals surface area (Å²) in [5.74, 6) is 0.637. The highest BCUT2D eigenvalue weighted by Gasteiger charge is 2.29. The van der Waals surface area contributed by atoms with E-state index < -0.39 is 11.7 Å². The number of amides is 1. The molecular formula is C16H22ClF3N2O. The van der Waals surface area contributed by atoms with Gasteiger partial charge in [0.2, 0.25) is 5.91 Å². The maximum absolute atomic E-state index is 12.5. The Hall–Kier alpha value is -1.27. The summed E-state index contributed by atoms with van der Waals surface area (Å²) in [6.07, 6.45) is -1.34. The molecule has 0 heterocycles. The minimum Gasteiger partial charge on any atom is -0.352 e. The molecule has 0 spiro atoms. The molecule has 1 fully saturated rings. The van der Waals surface area contributed by atoms with Crippen LogP contribution in [0.1, 0.15) is 30.9 Å². The van der Waals surface area contributed by atoms with Gasteiger partial charge in [-0.25, -0.2) is 0 Å². The summed E-state index contributed by atoms with van der Waals surface area (Å²) in [5, 5.41) is 5.95. The number of carbonyl (C=O) groups is 1. The topological polar surface area (TPSA) is 41.1 Å². The van der Waals surface area contributed by atoms with Crippen molar-refractivity contribution in [2.24, 2.45) is 5.92 Å². The lowest BCUT2D eigenvalue weighted by Gasteiger charge is -2.15. The fourth-order valence-electron chi connectivity index (χ4n) is 2.27. The van der Waals surface area contributed by atoms with Crippen molar-refractivity contribution in [2.75, 3.05) is 13.1 Å². The van der Waals surface area contributed by atoms with Crippen LogP contribution in [0.3, 0.4) is 0 Å². The SMILES string of the molecule is CC(Cc1ccc(C(F)(F)F)cc1)NC(=O)CNCC1CC1.Cl. The van der Waals surface area contributed by atoms with E-state index >= 15 is 0 Å². The predicted octanol–water partition coefficient (Wildman–Crippen LogP) is 3.17. The number of alkyl halides is 3. The van der Waals surface area contributed by atoms with E-state index in [0.717, 1.165) is 30.2 Å². The molecule has 7 heteroatoms. The Bertz CT molecular complexity index is 501. The Morgan fingerprint density at radius 1 is 1.26 bits per heavy atom. The molecule has 1 aliphatic rings. The van der Waals surface area contributed by atoms with Gasteiger partial charge in [-0.15, -0.1) is 12.4 Å². The average molecular weight is 351 g/mol. The molecule has 23 heavy (non-hydrogen) atoms. The number of benzene rings is 1. The van der Waals surface area contributed by atoms with E-state index in [2.05, 4.69) is 10.6 Å². The van der Waals surface area contributed by atoms with E-state index in [1.165, 1.54) is 25.0 Å². The minimum atomic E-state index is -4.31. The highest BCUT2D eigenvalue weighted by molar-refractivity contribution is 5.85. The van der Waals surface area contributed by atoms with Crippen LogP contribution in [0.25, 0.3) is 0 Å². The summed E-state index contributed by atoms with van der Waals surface area (Å²) in [5.41, 5.74) is 0.115. The van der Waals surface area contributed by atoms with E-state index in [9.17, 15) is 18.0 Å². The fraction of sp³-hybridized carbons (Fsp3) is 0.562. The molecule has 0 radical (unpaired) electrons. The Balaban J connectivity index is 0.00000264. The lowest BCUT2D eigenvalue weighted by molar-refractivity contribution is -0.137. The van der Waals surface area contributed by atoms with Crippen LogP contribution in [-0.2, 0) is 17.4 Å². The van der Waals surface area contributed by atoms with Crippen molar-refractivity contribution in [2.45, 2.75) is 38.4 Å². The van der Waals surface area contributed by atoms with Crippen LogP contribution in [0.5, 0.6) is 0 Å². The highest BCUT2D eigenvalue weighted by Crippen LogP contribution is 2.29. The van der Waals surface area contributed by atoms with Gasteiger partial charge in [-0.3, -0.25) is 4.79 Å². The van der Waals surface area contributed by atoms with E-state index in [-0.39, 0.29) is 30.9 Å². The van der Waals surface area contributed by atoms with E-state index in [4.69, 9.17) is 0 Å². The van der Waals surface area contributed by atoms with Gasteiger partial charge in [0, 0.05) is 6.04 Å². The second-order valence-corrected chi connectivity index (χ2v) is 5.94. The second-order valence-electron chi connectivity index (χ2n) is 5.94. The molecule has 0 aromatic heterocycles. The third kappa shape index (κ3) is 7.22. The van der Waals surface area contributed by atoms with Crippen molar-refractivity contribution in [3.05, 3.63) is 35.4 Å². The number of rotatable bonds is 7. The fourth-order valence-corrected chi connectivity index (χ4v) is 2.27. The number of carbonyl (C=O) groups excluding carboxylic acids is 1. The zero-order chi connectivity index (χ0) is 16.2. The van der Waals surface area contributed by atoms with Crippen molar-refractivity contribution in [1.29, 1.82) is 0 Å². The average Bonchev–Trinajstić information content (AvgIpc) is 3.22. The molecule has 2 rings (SSSR count). The molecule has 0 saturated heterocycles. The van der Waals surface area contributed by atoms with Gasteiger partial charge in [-0.2, -0.15) is 13.2 Å². The maximum Gasteiger partial charge on any atom is 0.416 e. The first-order valence-electron chi connectivity index (χ1n) is 7.51. The molecule has 1 atom stereocenters. The predicted molar refractivity (Wildman–Crippen MR) is 85.6 cm³/mol. The standard InChI is InChI=1S/C16H21F3N2O.ClH/c1-11(21-15(22)10-20-9-13-2-3-13)8-12-4-6-14(7-5-12)16(17,18)19;/h4-7,11,13,20H,2-3,8-10H2,1H3,(H,21,22);1H. The van der Waals surface area contributed by atoms with Gasteiger partial charge in [0.1, 0.15) is 0 Å². The molecule has 3 nitrogen and oxygen atoms in total. The molecule has 0 aliphatic heterocycles. The normalized spacial score (nSPS) is 15.7. The minimum absolute atomic E-state index is 0. The van der Waals surface area contributed by atoms with Gasteiger partial charge in [0.05, 0.1) is 12.1 Å². The Labute approximate surface area is 140 Å². The van der Waals surface area contributed by atoms with Gasteiger partial charge < -0.3 is 10.6 Å². The van der Waals surface area contributed by atoms with Crippen molar-refractivity contribution in [3.63, 3.8) is 0 Å². The third-order valence-electron chi connectivity index (χ3n) is 3.65. The first-order chi connectivity index (χ1) is 10.3. The lowest BCUT2D eigenvalue weighted by Crippen LogP contribution is -2.40.